The van der Waals surface area contributed by atoms with Gasteiger partial charge in [0.1, 0.15) is 11.3 Å². The number of nitrogens with zero attached hydrogens (tertiary/aromatic N) is 2. The van der Waals surface area contributed by atoms with Crippen LogP contribution in [0.15, 0.2) is 58.5 Å². The lowest BCUT2D eigenvalue weighted by atomic mass is 9.93. The Bertz CT molecular complexity index is 1820. The molecule has 1 saturated carbocycles. The van der Waals surface area contributed by atoms with Crippen molar-refractivity contribution in [2.24, 2.45) is 5.41 Å². The highest BCUT2D eigenvalue weighted by Gasteiger charge is 2.45. The number of fused-ring (bicyclic) bond motifs is 2. The van der Waals surface area contributed by atoms with E-state index in [9.17, 15) is 9.59 Å². The van der Waals surface area contributed by atoms with Gasteiger partial charge >= 0.3 is 11.9 Å². The van der Waals surface area contributed by atoms with Gasteiger partial charge in [-0.05, 0) is 60.4 Å². The average Bonchev–Trinajstić information content (AvgIpc) is 3.31. The minimum Gasteiger partial charge on any atom is -0.493 e. The number of hydrogen-bond donors (Lipinski definition) is 0. The van der Waals surface area contributed by atoms with Gasteiger partial charge in [-0.2, -0.15) is 0 Å². The molecule has 224 valence electrons. The van der Waals surface area contributed by atoms with Gasteiger partial charge in [-0.1, -0.05) is 26.8 Å². The molecule has 0 spiro atoms. The van der Waals surface area contributed by atoms with Crippen LogP contribution in [0.3, 0.4) is 0 Å². The Hall–Kier alpha value is -4.11. The summed E-state index contributed by atoms with van der Waals surface area (Å²) in [6.07, 6.45) is 4.42. The summed E-state index contributed by atoms with van der Waals surface area (Å²) in [5, 5.41) is 4.93. The number of furan rings is 1. The number of aromatic nitrogens is 2. The molecule has 0 bridgehead atoms. The Balaban J connectivity index is 1.26. The Labute approximate surface area is 254 Å². The standard InChI is InChI=1S/C34H36N2O6S/c1-33(2,3)29-19-43-32(35-29)28-13-22-12-21(6-9-27(22)42-28)17-36-18-23(14-30(37)39-4)25-15-24(7-8-26(25)36)41-20-34(10-11-34)16-31(38)40-5/h6-9,12-13,15,18-19H,10-11,14,16-17,20H2,1-5H3. The first-order chi connectivity index (χ1) is 20.6. The minimum absolute atomic E-state index is 0.0169. The normalized spacial score (nSPS) is 14.3. The number of carbonyl (C=O) groups excluding carboxylic acids is 2. The third kappa shape index (κ3) is 6.18. The van der Waals surface area contributed by atoms with Crippen molar-refractivity contribution in [3.05, 3.63) is 70.9 Å². The van der Waals surface area contributed by atoms with E-state index in [1.807, 2.05) is 30.5 Å². The third-order valence-corrected chi connectivity index (χ3v) is 9.02. The number of hydrogen-bond acceptors (Lipinski definition) is 8. The summed E-state index contributed by atoms with van der Waals surface area (Å²) in [5.41, 5.74) is 4.67. The molecule has 9 heteroatoms. The van der Waals surface area contributed by atoms with Crippen LogP contribution in [-0.4, -0.2) is 42.3 Å². The van der Waals surface area contributed by atoms with Gasteiger partial charge in [-0.25, -0.2) is 4.98 Å². The third-order valence-electron chi connectivity index (χ3n) is 8.16. The highest BCUT2D eigenvalue weighted by Crippen LogP contribution is 2.49. The number of methoxy groups -OCH3 is 2. The maximum Gasteiger partial charge on any atom is 0.310 e. The van der Waals surface area contributed by atoms with Gasteiger partial charge in [-0.3, -0.25) is 9.59 Å². The molecular formula is C34H36N2O6S. The smallest absolute Gasteiger partial charge is 0.310 e. The summed E-state index contributed by atoms with van der Waals surface area (Å²) >= 11 is 1.60. The number of rotatable bonds is 10. The molecule has 0 unspecified atom stereocenters. The van der Waals surface area contributed by atoms with Crippen molar-refractivity contribution >= 4 is 45.1 Å². The zero-order chi connectivity index (χ0) is 30.4. The maximum absolute atomic E-state index is 12.3. The van der Waals surface area contributed by atoms with Gasteiger partial charge in [0.25, 0.3) is 0 Å². The summed E-state index contributed by atoms with van der Waals surface area (Å²) in [5.74, 6) is 0.962. The first-order valence-electron chi connectivity index (χ1n) is 14.4. The molecule has 1 aliphatic rings. The molecule has 0 N–H and O–H groups in total. The average molecular weight is 601 g/mol. The van der Waals surface area contributed by atoms with Crippen LogP contribution in [0.4, 0.5) is 0 Å². The van der Waals surface area contributed by atoms with Crippen molar-refractivity contribution in [2.45, 2.75) is 58.4 Å². The van der Waals surface area contributed by atoms with Crippen LogP contribution in [-0.2, 0) is 37.4 Å². The second kappa shape index (κ2) is 11.2. The van der Waals surface area contributed by atoms with E-state index in [0.29, 0.717) is 25.3 Å². The quantitative estimate of drug-likeness (QED) is 0.155. The van der Waals surface area contributed by atoms with E-state index in [1.54, 1.807) is 11.3 Å². The van der Waals surface area contributed by atoms with Gasteiger partial charge in [0.2, 0.25) is 0 Å². The number of esters is 2. The van der Waals surface area contributed by atoms with Crippen molar-refractivity contribution in [1.29, 1.82) is 0 Å². The lowest BCUT2D eigenvalue weighted by Gasteiger charge is -2.15. The summed E-state index contributed by atoms with van der Waals surface area (Å²) in [6.45, 7) is 7.53. The van der Waals surface area contributed by atoms with Gasteiger partial charge < -0.3 is 23.2 Å². The van der Waals surface area contributed by atoms with E-state index in [0.717, 1.165) is 62.3 Å². The molecule has 3 aromatic heterocycles. The Morgan fingerprint density at radius 2 is 1.84 bits per heavy atom. The van der Waals surface area contributed by atoms with Crippen molar-refractivity contribution in [2.75, 3.05) is 20.8 Å². The van der Waals surface area contributed by atoms with E-state index >= 15 is 0 Å². The Kier molecular flexibility index (Phi) is 7.54. The second-order valence-electron chi connectivity index (χ2n) is 12.5. The van der Waals surface area contributed by atoms with E-state index in [2.05, 4.69) is 48.9 Å². The molecule has 8 nitrogen and oxygen atoms in total. The van der Waals surface area contributed by atoms with Gasteiger partial charge in [0, 0.05) is 45.2 Å². The fourth-order valence-corrected chi connectivity index (χ4v) is 6.32. The monoisotopic (exact) mass is 600 g/mol. The molecule has 0 saturated heterocycles. The van der Waals surface area contributed by atoms with Crippen LogP contribution in [0, 0.1) is 5.41 Å². The lowest BCUT2D eigenvalue weighted by Crippen LogP contribution is -2.18. The maximum atomic E-state index is 12.3. The van der Waals surface area contributed by atoms with Crippen LogP contribution < -0.4 is 4.74 Å². The summed E-state index contributed by atoms with van der Waals surface area (Å²) < 4.78 is 24.3. The molecule has 43 heavy (non-hydrogen) atoms. The van der Waals surface area contributed by atoms with Crippen LogP contribution in [0.5, 0.6) is 5.75 Å². The van der Waals surface area contributed by atoms with Crippen molar-refractivity contribution in [3.63, 3.8) is 0 Å². The van der Waals surface area contributed by atoms with Gasteiger partial charge in [0.15, 0.2) is 10.8 Å². The topological polar surface area (TPSA) is 92.8 Å². The van der Waals surface area contributed by atoms with E-state index in [-0.39, 0.29) is 29.2 Å². The number of benzene rings is 2. The molecule has 0 amide bonds. The SMILES string of the molecule is COC(=O)Cc1cn(Cc2ccc3oc(-c4nc(C(C)(C)C)cs4)cc3c2)c2ccc(OCC3(CC(=O)OC)CC3)cc12. The van der Waals surface area contributed by atoms with Crippen molar-refractivity contribution in [1.82, 2.24) is 9.55 Å². The summed E-state index contributed by atoms with van der Waals surface area (Å²) in [4.78, 5) is 28.9. The fourth-order valence-electron chi connectivity index (χ4n) is 5.33. The van der Waals surface area contributed by atoms with E-state index in [1.165, 1.54) is 14.2 Å². The Morgan fingerprint density at radius 3 is 2.53 bits per heavy atom. The van der Waals surface area contributed by atoms with E-state index < -0.39 is 0 Å². The molecule has 1 fully saturated rings. The number of carbonyl (C=O) groups is 2. The van der Waals surface area contributed by atoms with Gasteiger partial charge in [0.05, 0.1) is 39.4 Å². The predicted molar refractivity (Wildman–Crippen MR) is 167 cm³/mol. The molecule has 0 aliphatic heterocycles. The predicted octanol–water partition coefficient (Wildman–Crippen LogP) is 7.29. The molecule has 2 aromatic carbocycles. The van der Waals surface area contributed by atoms with Gasteiger partial charge in [-0.15, -0.1) is 11.3 Å². The highest BCUT2D eigenvalue weighted by molar-refractivity contribution is 7.13. The largest absolute Gasteiger partial charge is 0.493 e. The Morgan fingerprint density at radius 1 is 1.05 bits per heavy atom. The molecule has 1 aliphatic carbocycles. The lowest BCUT2D eigenvalue weighted by molar-refractivity contribution is -0.142. The molecule has 3 heterocycles. The van der Waals surface area contributed by atoms with Crippen LogP contribution >= 0.6 is 11.3 Å². The van der Waals surface area contributed by atoms with Crippen LogP contribution in [0.25, 0.3) is 32.6 Å². The fraction of sp³-hybridized carbons (Fsp3) is 0.382. The second-order valence-corrected chi connectivity index (χ2v) is 13.4. The summed E-state index contributed by atoms with van der Waals surface area (Å²) in [7, 11) is 2.81. The molecule has 6 rings (SSSR count). The van der Waals surface area contributed by atoms with Crippen molar-refractivity contribution in [3.8, 4) is 16.5 Å². The first kappa shape index (κ1) is 29.0. The molecule has 0 atom stereocenters. The highest BCUT2D eigenvalue weighted by atomic mass is 32.1. The number of ether oxygens (including phenoxy) is 3. The van der Waals surface area contributed by atoms with Crippen LogP contribution in [0.1, 0.15) is 56.9 Å². The van der Waals surface area contributed by atoms with Crippen molar-refractivity contribution < 1.29 is 28.2 Å². The first-order valence-corrected chi connectivity index (χ1v) is 15.3. The zero-order valence-corrected chi connectivity index (χ0v) is 26.0. The minimum atomic E-state index is -0.301. The molecular weight excluding hydrogens is 564 g/mol. The molecule has 5 aromatic rings. The van der Waals surface area contributed by atoms with E-state index in [4.69, 9.17) is 23.6 Å². The molecule has 0 radical (unpaired) electrons. The summed E-state index contributed by atoms with van der Waals surface area (Å²) in [6, 6.07) is 14.2. The number of thiazole rings is 1. The zero-order valence-electron chi connectivity index (χ0n) is 25.2. The van der Waals surface area contributed by atoms with Crippen LogP contribution in [0.2, 0.25) is 0 Å².